The van der Waals surface area contributed by atoms with Crippen molar-refractivity contribution in [2.45, 2.75) is 38.5 Å². The predicted molar refractivity (Wildman–Crippen MR) is 174 cm³/mol. The van der Waals surface area contributed by atoms with E-state index < -0.39 is 11.6 Å². The summed E-state index contributed by atoms with van der Waals surface area (Å²) in [5, 5.41) is 0. The summed E-state index contributed by atoms with van der Waals surface area (Å²) in [6.07, 6.45) is -0.822. The minimum absolute atomic E-state index is 0.338. The Balaban J connectivity index is 1.27. The van der Waals surface area contributed by atoms with Crippen molar-refractivity contribution in [2.75, 3.05) is 7.11 Å². The third-order valence-corrected chi connectivity index (χ3v) is 8.27. The van der Waals surface area contributed by atoms with E-state index in [0.29, 0.717) is 17.2 Å². The second kappa shape index (κ2) is 13.1. The van der Waals surface area contributed by atoms with Crippen LogP contribution in [-0.2, 0) is 15.6 Å². The van der Waals surface area contributed by atoms with Crippen LogP contribution in [0.5, 0.6) is 23.0 Å². The zero-order valence-corrected chi connectivity index (χ0v) is 26.1. The van der Waals surface area contributed by atoms with Crippen molar-refractivity contribution in [3.63, 3.8) is 0 Å². The normalized spacial score (nSPS) is 12.5. The van der Waals surface area contributed by atoms with E-state index in [1.807, 2.05) is 66.7 Å². The summed E-state index contributed by atoms with van der Waals surface area (Å²) in [6, 6.07) is 40.6. The highest BCUT2D eigenvalue weighted by Gasteiger charge is 2.31. The van der Waals surface area contributed by atoms with Gasteiger partial charge in [-0.1, -0.05) is 92.7 Å². The first-order valence-corrected chi connectivity index (χ1v) is 14.7. The van der Waals surface area contributed by atoms with Crippen molar-refractivity contribution in [1.29, 1.82) is 0 Å². The minimum atomic E-state index is -0.822. The van der Waals surface area contributed by atoms with E-state index in [1.165, 1.54) is 6.92 Å². The lowest BCUT2D eigenvalue weighted by molar-refractivity contribution is -0.131. The molecule has 0 spiro atoms. The summed E-state index contributed by atoms with van der Waals surface area (Å²) in [6.45, 7) is 7.75. The van der Waals surface area contributed by atoms with Crippen LogP contribution in [0, 0.1) is 0 Å². The van der Waals surface area contributed by atoms with Gasteiger partial charge < -0.3 is 18.9 Å². The number of benzene rings is 5. The third kappa shape index (κ3) is 6.91. The minimum Gasteiger partial charge on any atom is -0.497 e. The maximum Gasteiger partial charge on any atom is 0.519 e. The van der Waals surface area contributed by atoms with Crippen LogP contribution >= 0.6 is 0 Å². The Morgan fingerprint density at radius 2 is 0.822 bits per heavy atom. The molecule has 6 nitrogen and oxygen atoms in total. The van der Waals surface area contributed by atoms with E-state index in [0.717, 1.165) is 33.6 Å². The van der Waals surface area contributed by atoms with Gasteiger partial charge in [0, 0.05) is 17.8 Å². The van der Waals surface area contributed by atoms with Crippen LogP contribution in [-0.4, -0.2) is 19.2 Å². The number of carbonyl (C=O) groups is 2. The highest BCUT2D eigenvalue weighted by atomic mass is 16.7. The SMILES string of the molecule is COc1ccc(C(C)(c2ccccc2)c2ccc(OC(=O)Oc3ccc(C(C)(C)c4ccc(OC(C)=O)cc4)cc3)cc2)cc1. The lowest BCUT2D eigenvalue weighted by atomic mass is 9.71. The summed E-state index contributed by atoms with van der Waals surface area (Å²) in [5.74, 6) is 1.69. The summed E-state index contributed by atoms with van der Waals surface area (Å²) in [5.41, 5.74) is 4.56. The van der Waals surface area contributed by atoms with E-state index in [2.05, 4.69) is 45.0 Å². The topological polar surface area (TPSA) is 71.1 Å². The van der Waals surface area contributed by atoms with E-state index in [4.69, 9.17) is 18.9 Å². The van der Waals surface area contributed by atoms with Gasteiger partial charge in [-0.25, -0.2) is 4.79 Å². The first-order chi connectivity index (χ1) is 21.6. The molecule has 0 aliphatic carbocycles. The molecule has 0 aliphatic rings. The molecule has 5 aromatic rings. The highest BCUT2D eigenvalue weighted by Crippen LogP contribution is 2.40. The molecule has 6 heteroatoms. The number of esters is 1. The summed E-state index contributed by atoms with van der Waals surface area (Å²) >= 11 is 0. The molecule has 0 saturated carbocycles. The second-order valence-corrected chi connectivity index (χ2v) is 11.5. The Bertz CT molecular complexity index is 1740. The number of rotatable bonds is 9. The van der Waals surface area contributed by atoms with Gasteiger partial charge in [-0.3, -0.25) is 4.79 Å². The first kappa shape index (κ1) is 31.1. The maximum atomic E-state index is 12.7. The average Bonchev–Trinajstić information content (AvgIpc) is 3.05. The molecule has 45 heavy (non-hydrogen) atoms. The lowest BCUT2D eigenvalue weighted by Crippen LogP contribution is -2.25. The zero-order valence-electron chi connectivity index (χ0n) is 26.1. The largest absolute Gasteiger partial charge is 0.519 e. The summed E-state index contributed by atoms with van der Waals surface area (Å²) in [7, 11) is 1.65. The van der Waals surface area contributed by atoms with Gasteiger partial charge in [-0.2, -0.15) is 0 Å². The Labute approximate surface area is 264 Å². The van der Waals surface area contributed by atoms with E-state index in [1.54, 1.807) is 43.5 Å². The molecule has 0 radical (unpaired) electrons. The molecular formula is C39H36O6. The van der Waals surface area contributed by atoms with Crippen LogP contribution in [0.3, 0.4) is 0 Å². The lowest BCUT2D eigenvalue weighted by Gasteiger charge is -2.32. The fourth-order valence-corrected chi connectivity index (χ4v) is 5.48. The molecule has 0 aromatic heterocycles. The van der Waals surface area contributed by atoms with Crippen LogP contribution in [0.25, 0.3) is 0 Å². The van der Waals surface area contributed by atoms with Crippen molar-refractivity contribution in [3.8, 4) is 23.0 Å². The molecule has 1 atom stereocenters. The molecule has 1 unspecified atom stereocenters. The Kier molecular flexibility index (Phi) is 9.05. The van der Waals surface area contributed by atoms with E-state index >= 15 is 0 Å². The molecule has 5 aromatic carbocycles. The molecule has 5 rings (SSSR count). The first-order valence-electron chi connectivity index (χ1n) is 14.7. The van der Waals surface area contributed by atoms with Gasteiger partial charge in [0.1, 0.15) is 23.0 Å². The van der Waals surface area contributed by atoms with E-state index in [-0.39, 0.29) is 11.4 Å². The molecule has 0 amide bonds. The zero-order chi connectivity index (χ0) is 32.0. The number of hydrogen-bond acceptors (Lipinski definition) is 6. The third-order valence-electron chi connectivity index (χ3n) is 8.27. The van der Waals surface area contributed by atoms with E-state index in [9.17, 15) is 9.59 Å². The smallest absolute Gasteiger partial charge is 0.497 e. The van der Waals surface area contributed by atoms with Crippen molar-refractivity contribution in [2.24, 2.45) is 0 Å². The van der Waals surface area contributed by atoms with Gasteiger partial charge >= 0.3 is 12.1 Å². The predicted octanol–water partition coefficient (Wildman–Crippen LogP) is 8.88. The number of ether oxygens (including phenoxy) is 4. The molecule has 0 aliphatic heterocycles. The Hall–Kier alpha value is -5.36. The van der Waals surface area contributed by atoms with Gasteiger partial charge in [0.05, 0.1) is 7.11 Å². The van der Waals surface area contributed by atoms with Crippen LogP contribution < -0.4 is 18.9 Å². The molecule has 228 valence electrons. The number of hydrogen-bond donors (Lipinski definition) is 0. The summed E-state index contributed by atoms with van der Waals surface area (Å²) in [4.78, 5) is 23.9. The molecule has 0 N–H and O–H groups in total. The van der Waals surface area contributed by atoms with Gasteiger partial charge in [0.15, 0.2) is 0 Å². The molecule has 0 fully saturated rings. The van der Waals surface area contributed by atoms with Crippen molar-refractivity contribution in [3.05, 3.63) is 155 Å². The van der Waals surface area contributed by atoms with Gasteiger partial charge in [-0.15, -0.1) is 0 Å². The molecule has 0 bridgehead atoms. The van der Waals surface area contributed by atoms with Crippen LogP contribution in [0.1, 0.15) is 55.5 Å². The van der Waals surface area contributed by atoms with Crippen molar-refractivity contribution in [1.82, 2.24) is 0 Å². The molecular weight excluding hydrogens is 564 g/mol. The summed E-state index contributed by atoms with van der Waals surface area (Å²) < 4.78 is 21.5. The molecule has 0 saturated heterocycles. The fraction of sp³-hybridized carbons (Fsp3) is 0.179. The van der Waals surface area contributed by atoms with Crippen LogP contribution in [0.4, 0.5) is 4.79 Å². The van der Waals surface area contributed by atoms with Crippen molar-refractivity contribution < 1.29 is 28.5 Å². The fourth-order valence-electron chi connectivity index (χ4n) is 5.48. The van der Waals surface area contributed by atoms with Gasteiger partial charge in [-0.05, 0) is 83.3 Å². The monoisotopic (exact) mass is 600 g/mol. The standard InChI is InChI=1S/C39H36O6/c1-27(40)43-34-21-11-28(12-22-34)38(2,3)29-13-23-35(24-14-29)44-37(41)45-36-25-17-32(18-26-36)39(4,30-9-7-6-8-10-30)31-15-19-33(42-5)20-16-31/h6-26H,1-5H3. The molecule has 0 heterocycles. The van der Waals surface area contributed by atoms with Crippen molar-refractivity contribution >= 4 is 12.1 Å². The van der Waals surface area contributed by atoms with Crippen LogP contribution in [0.2, 0.25) is 0 Å². The number of carbonyl (C=O) groups excluding carboxylic acids is 2. The second-order valence-electron chi connectivity index (χ2n) is 11.5. The quantitative estimate of drug-likeness (QED) is 0.0728. The highest BCUT2D eigenvalue weighted by molar-refractivity contribution is 5.69. The maximum absolute atomic E-state index is 12.7. The Morgan fingerprint density at radius 1 is 0.467 bits per heavy atom. The van der Waals surface area contributed by atoms with Crippen LogP contribution in [0.15, 0.2) is 127 Å². The Morgan fingerprint density at radius 3 is 1.22 bits per heavy atom. The number of methoxy groups -OCH3 is 1. The van der Waals surface area contributed by atoms with Gasteiger partial charge in [0.2, 0.25) is 0 Å². The average molecular weight is 601 g/mol. The van der Waals surface area contributed by atoms with Gasteiger partial charge in [0.25, 0.3) is 0 Å².